The highest BCUT2D eigenvalue weighted by Crippen LogP contribution is 2.27. The molecule has 0 bridgehead atoms. The zero-order chi connectivity index (χ0) is 16.8. The molecule has 1 amide bonds. The van der Waals surface area contributed by atoms with Crippen LogP contribution < -0.4 is 10.1 Å². The number of carbonyl (C=O) groups excluding carboxylic acids is 1. The van der Waals surface area contributed by atoms with Gasteiger partial charge in [0.25, 0.3) is 5.91 Å². The Kier molecular flexibility index (Phi) is 6.29. The Bertz CT molecular complexity index is 640. The molecule has 4 nitrogen and oxygen atoms in total. The zero-order valence-corrected chi connectivity index (χ0v) is 15.8. The van der Waals surface area contributed by atoms with E-state index in [1.807, 2.05) is 24.3 Å². The Morgan fingerprint density at radius 2 is 2.00 bits per heavy atom. The van der Waals surface area contributed by atoms with Crippen LogP contribution in [0.4, 0.5) is 0 Å². The van der Waals surface area contributed by atoms with Gasteiger partial charge in [0.1, 0.15) is 5.75 Å². The van der Waals surface area contributed by atoms with Crippen LogP contribution in [0.1, 0.15) is 23.8 Å². The van der Waals surface area contributed by atoms with Crippen molar-refractivity contribution in [1.29, 1.82) is 0 Å². The van der Waals surface area contributed by atoms with Gasteiger partial charge in [0.2, 0.25) is 0 Å². The van der Waals surface area contributed by atoms with Gasteiger partial charge in [0.05, 0.1) is 6.04 Å². The van der Waals surface area contributed by atoms with E-state index >= 15 is 0 Å². The van der Waals surface area contributed by atoms with Gasteiger partial charge in [-0.05, 0) is 61.6 Å². The number of halogens is 1. The SMILES string of the molecule is O=C(COc1ccc(Br)cc1)NCC(c1cccs1)N1CCCC1. The molecule has 0 radical (unpaired) electrons. The smallest absolute Gasteiger partial charge is 0.258 e. The monoisotopic (exact) mass is 408 g/mol. The van der Waals surface area contributed by atoms with E-state index in [1.165, 1.54) is 17.7 Å². The average molecular weight is 409 g/mol. The highest BCUT2D eigenvalue weighted by atomic mass is 79.9. The lowest BCUT2D eigenvalue weighted by atomic mass is 10.2. The molecule has 0 aliphatic carbocycles. The van der Waals surface area contributed by atoms with E-state index < -0.39 is 0 Å². The van der Waals surface area contributed by atoms with Crippen LogP contribution in [0.5, 0.6) is 5.75 Å². The highest BCUT2D eigenvalue weighted by molar-refractivity contribution is 9.10. The van der Waals surface area contributed by atoms with Gasteiger partial charge in [-0.1, -0.05) is 22.0 Å². The number of benzene rings is 1. The number of hydrogen-bond donors (Lipinski definition) is 1. The van der Waals surface area contributed by atoms with Crippen molar-refractivity contribution in [3.63, 3.8) is 0 Å². The molecule has 0 saturated carbocycles. The Balaban J connectivity index is 1.50. The number of carbonyl (C=O) groups is 1. The van der Waals surface area contributed by atoms with E-state index in [0.717, 1.165) is 17.6 Å². The second-order valence-corrected chi connectivity index (χ2v) is 7.72. The largest absolute Gasteiger partial charge is 0.484 e. The molecule has 6 heteroatoms. The summed E-state index contributed by atoms with van der Waals surface area (Å²) in [6.07, 6.45) is 2.48. The molecule has 2 heterocycles. The maximum Gasteiger partial charge on any atom is 0.258 e. The van der Waals surface area contributed by atoms with Crippen LogP contribution in [0.25, 0.3) is 0 Å². The predicted octanol–water partition coefficient (Wildman–Crippen LogP) is 3.84. The van der Waals surface area contributed by atoms with Gasteiger partial charge in [-0.3, -0.25) is 9.69 Å². The van der Waals surface area contributed by atoms with Crippen LogP contribution in [0, 0.1) is 0 Å². The van der Waals surface area contributed by atoms with Crippen molar-refractivity contribution in [2.24, 2.45) is 0 Å². The summed E-state index contributed by atoms with van der Waals surface area (Å²) in [7, 11) is 0. The van der Waals surface area contributed by atoms with Crippen LogP contribution in [0.15, 0.2) is 46.3 Å². The van der Waals surface area contributed by atoms with Gasteiger partial charge in [-0.25, -0.2) is 0 Å². The third kappa shape index (κ3) is 4.82. The zero-order valence-electron chi connectivity index (χ0n) is 13.4. The average Bonchev–Trinajstić information content (AvgIpc) is 3.29. The summed E-state index contributed by atoms with van der Waals surface area (Å²) in [4.78, 5) is 15.9. The first kappa shape index (κ1) is 17.5. The number of ether oxygens (including phenoxy) is 1. The van der Waals surface area contributed by atoms with Crippen molar-refractivity contribution >= 4 is 33.2 Å². The molecule has 1 atom stereocenters. The number of nitrogens with one attached hydrogen (secondary N) is 1. The molecule has 1 aromatic heterocycles. The second-order valence-electron chi connectivity index (χ2n) is 5.82. The molecule has 1 unspecified atom stereocenters. The highest BCUT2D eigenvalue weighted by Gasteiger charge is 2.24. The normalized spacial score (nSPS) is 16.0. The fourth-order valence-corrected chi connectivity index (χ4v) is 4.01. The van der Waals surface area contributed by atoms with Crippen molar-refractivity contribution < 1.29 is 9.53 Å². The Morgan fingerprint density at radius 3 is 2.67 bits per heavy atom. The van der Waals surface area contributed by atoms with E-state index in [0.29, 0.717) is 12.3 Å². The van der Waals surface area contributed by atoms with Crippen molar-refractivity contribution in [2.45, 2.75) is 18.9 Å². The van der Waals surface area contributed by atoms with Gasteiger partial charge in [0, 0.05) is 15.9 Å². The van der Waals surface area contributed by atoms with Crippen molar-refractivity contribution in [2.75, 3.05) is 26.2 Å². The first-order valence-electron chi connectivity index (χ1n) is 8.15. The lowest BCUT2D eigenvalue weighted by molar-refractivity contribution is -0.123. The number of hydrogen-bond acceptors (Lipinski definition) is 4. The molecule has 2 aromatic rings. The lowest BCUT2D eigenvalue weighted by Crippen LogP contribution is -2.38. The van der Waals surface area contributed by atoms with Crippen LogP contribution in [-0.4, -0.2) is 37.0 Å². The summed E-state index contributed by atoms with van der Waals surface area (Å²) in [6, 6.07) is 12.0. The minimum Gasteiger partial charge on any atom is -0.484 e. The molecular formula is C18H21BrN2O2S. The molecule has 0 spiro atoms. The maximum atomic E-state index is 12.1. The van der Waals surface area contributed by atoms with E-state index in [2.05, 4.69) is 43.7 Å². The van der Waals surface area contributed by atoms with Crippen LogP contribution in [0.2, 0.25) is 0 Å². The molecule has 1 aliphatic heterocycles. The van der Waals surface area contributed by atoms with E-state index in [9.17, 15) is 4.79 Å². The van der Waals surface area contributed by atoms with Gasteiger partial charge >= 0.3 is 0 Å². The van der Waals surface area contributed by atoms with Crippen LogP contribution >= 0.6 is 27.3 Å². The number of rotatable bonds is 7. The lowest BCUT2D eigenvalue weighted by Gasteiger charge is -2.26. The summed E-state index contributed by atoms with van der Waals surface area (Å²) >= 11 is 5.13. The Labute approximate surface area is 154 Å². The summed E-state index contributed by atoms with van der Waals surface area (Å²) in [6.45, 7) is 2.88. The number of thiophene rings is 1. The molecule has 128 valence electrons. The van der Waals surface area contributed by atoms with Crippen LogP contribution in [-0.2, 0) is 4.79 Å². The quantitative estimate of drug-likeness (QED) is 0.756. The molecule has 3 rings (SSSR count). The fourth-order valence-electron chi connectivity index (χ4n) is 2.89. The minimum atomic E-state index is -0.0846. The topological polar surface area (TPSA) is 41.6 Å². The Hall–Kier alpha value is -1.37. The number of likely N-dealkylation sites (tertiary alicyclic amines) is 1. The second kappa shape index (κ2) is 8.65. The molecule has 1 saturated heterocycles. The molecule has 24 heavy (non-hydrogen) atoms. The van der Waals surface area contributed by atoms with E-state index in [4.69, 9.17) is 4.74 Å². The first-order chi connectivity index (χ1) is 11.7. The third-order valence-electron chi connectivity index (χ3n) is 4.13. The Morgan fingerprint density at radius 1 is 1.25 bits per heavy atom. The van der Waals surface area contributed by atoms with Gasteiger partial charge in [0.15, 0.2) is 6.61 Å². The molecule has 1 aliphatic rings. The predicted molar refractivity (Wildman–Crippen MR) is 101 cm³/mol. The summed E-state index contributed by atoms with van der Waals surface area (Å²) in [5.74, 6) is 0.612. The van der Waals surface area contributed by atoms with Gasteiger partial charge in [-0.15, -0.1) is 11.3 Å². The molecular weight excluding hydrogens is 388 g/mol. The first-order valence-corrected chi connectivity index (χ1v) is 9.82. The van der Waals surface area contributed by atoms with Crippen molar-refractivity contribution in [3.05, 3.63) is 51.1 Å². The third-order valence-corrected chi connectivity index (χ3v) is 5.63. The standard InChI is InChI=1S/C18H21BrN2O2S/c19-14-5-7-15(8-6-14)23-13-18(22)20-12-16(17-4-3-11-24-17)21-9-1-2-10-21/h3-8,11,16H,1-2,9-10,12-13H2,(H,20,22). The number of amides is 1. The molecule has 1 N–H and O–H groups in total. The van der Waals surface area contributed by atoms with E-state index in [1.54, 1.807) is 11.3 Å². The minimum absolute atomic E-state index is 0.0405. The summed E-state index contributed by atoms with van der Waals surface area (Å²) < 4.78 is 6.52. The van der Waals surface area contributed by atoms with Crippen molar-refractivity contribution in [1.82, 2.24) is 10.2 Å². The summed E-state index contributed by atoms with van der Waals surface area (Å²) in [5.41, 5.74) is 0. The van der Waals surface area contributed by atoms with Crippen LogP contribution in [0.3, 0.4) is 0 Å². The number of nitrogens with zero attached hydrogens (tertiary/aromatic N) is 1. The molecule has 1 fully saturated rings. The summed E-state index contributed by atoms with van der Waals surface area (Å²) in [5, 5.41) is 5.12. The molecule has 1 aromatic carbocycles. The fraction of sp³-hybridized carbons (Fsp3) is 0.389. The van der Waals surface area contributed by atoms with Crippen molar-refractivity contribution in [3.8, 4) is 5.75 Å². The van der Waals surface area contributed by atoms with Gasteiger partial charge < -0.3 is 10.1 Å². The maximum absolute atomic E-state index is 12.1. The van der Waals surface area contributed by atoms with E-state index in [-0.39, 0.29) is 18.6 Å². The van der Waals surface area contributed by atoms with Gasteiger partial charge in [-0.2, -0.15) is 0 Å².